The summed E-state index contributed by atoms with van der Waals surface area (Å²) in [7, 11) is -2.81. The minimum atomic E-state index is -2.81. The Morgan fingerprint density at radius 1 is 1.31 bits per heavy atom. The molecule has 2 atom stereocenters. The summed E-state index contributed by atoms with van der Waals surface area (Å²) in [6.07, 6.45) is 6.09. The SMILES string of the molecule is CC(C)CN=C(NCC1CCS(=O)(=O)C1)N1CCC(C)C2(CCC2)C1.I. The van der Waals surface area contributed by atoms with E-state index in [1.807, 2.05) is 0 Å². The molecule has 0 radical (unpaired) electrons. The summed E-state index contributed by atoms with van der Waals surface area (Å²) in [5.74, 6) is 3.27. The zero-order valence-corrected chi connectivity index (χ0v) is 19.7. The van der Waals surface area contributed by atoms with Crippen molar-refractivity contribution in [1.82, 2.24) is 10.2 Å². The summed E-state index contributed by atoms with van der Waals surface area (Å²) < 4.78 is 23.4. The maximum atomic E-state index is 11.7. The molecule has 0 aromatic carbocycles. The second-order valence-corrected chi connectivity index (χ2v) is 11.3. The van der Waals surface area contributed by atoms with Crippen molar-refractivity contribution >= 4 is 39.8 Å². The van der Waals surface area contributed by atoms with E-state index in [0.717, 1.165) is 44.5 Å². The largest absolute Gasteiger partial charge is 0.356 e. The molecule has 2 heterocycles. The Morgan fingerprint density at radius 3 is 2.58 bits per heavy atom. The average Bonchev–Trinajstić information content (AvgIpc) is 2.85. The lowest BCUT2D eigenvalue weighted by atomic mass is 9.59. The normalized spacial score (nSPS) is 30.2. The van der Waals surface area contributed by atoms with Gasteiger partial charge < -0.3 is 10.2 Å². The number of hydrogen-bond donors (Lipinski definition) is 1. The van der Waals surface area contributed by atoms with Crippen molar-refractivity contribution < 1.29 is 8.42 Å². The first kappa shape index (κ1) is 22.2. The van der Waals surface area contributed by atoms with Crippen LogP contribution >= 0.6 is 24.0 Å². The van der Waals surface area contributed by atoms with Gasteiger partial charge in [-0.2, -0.15) is 0 Å². The summed E-state index contributed by atoms with van der Waals surface area (Å²) in [6.45, 7) is 10.5. The van der Waals surface area contributed by atoms with E-state index in [1.54, 1.807) is 0 Å². The van der Waals surface area contributed by atoms with E-state index in [4.69, 9.17) is 4.99 Å². The van der Waals surface area contributed by atoms with Gasteiger partial charge in [-0.25, -0.2) is 8.42 Å². The third-order valence-electron chi connectivity index (χ3n) is 6.51. The molecule has 0 aromatic heterocycles. The lowest BCUT2D eigenvalue weighted by Gasteiger charge is -2.53. The van der Waals surface area contributed by atoms with Gasteiger partial charge in [-0.3, -0.25) is 4.99 Å². The van der Waals surface area contributed by atoms with Crippen molar-refractivity contribution in [3.05, 3.63) is 0 Å². The first-order chi connectivity index (χ1) is 11.8. The van der Waals surface area contributed by atoms with Gasteiger partial charge in [0, 0.05) is 26.2 Å². The maximum absolute atomic E-state index is 11.7. The minimum absolute atomic E-state index is 0. The van der Waals surface area contributed by atoms with Crippen molar-refractivity contribution in [1.29, 1.82) is 0 Å². The van der Waals surface area contributed by atoms with Crippen LogP contribution in [0.1, 0.15) is 52.9 Å². The molecular weight excluding hydrogens is 461 g/mol. The van der Waals surface area contributed by atoms with E-state index < -0.39 is 9.84 Å². The van der Waals surface area contributed by atoms with E-state index >= 15 is 0 Å². The van der Waals surface area contributed by atoms with Crippen molar-refractivity contribution in [3.8, 4) is 0 Å². The zero-order valence-electron chi connectivity index (χ0n) is 16.5. The third kappa shape index (κ3) is 5.26. The first-order valence-corrected chi connectivity index (χ1v) is 11.9. The number of rotatable bonds is 4. The fourth-order valence-corrected chi connectivity index (χ4v) is 6.40. The van der Waals surface area contributed by atoms with Crippen LogP contribution in [0.4, 0.5) is 0 Å². The highest BCUT2D eigenvalue weighted by molar-refractivity contribution is 14.0. The third-order valence-corrected chi connectivity index (χ3v) is 8.35. The number of guanidine groups is 1. The predicted octanol–water partition coefficient (Wildman–Crippen LogP) is 3.15. The molecule has 0 aromatic rings. The van der Waals surface area contributed by atoms with E-state index in [2.05, 4.69) is 31.0 Å². The van der Waals surface area contributed by atoms with Gasteiger partial charge in [0.1, 0.15) is 0 Å². The molecule has 2 saturated heterocycles. The molecule has 3 aliphatic rings. The monoisotopic (exact) mass is 497 g/mol. The maximum Gasteiger partial charge on any atom is 0.193 e. The summed E-state index contributed by atoms with van der Waals surface area (Å²) in [4.78, 5) is 7.32. The Labute approximate surface area is 176 Å². The molecule has 3 rings (SSSR count). The molecule has 26 heavy (non-hydrogen) atoms. The van der Waals surface area contributed by atoms with Crippen LogP contribution in [-0.2, 0) is 9.84 Å². The molecule has 1 aliphatic carbocycles. The highest BCUT2D eigenvalue weighted by Gasteiger charge is 2.46. The van der Waals surface area contributed by atoms with Crippen molar-refractivity contribution in [2.75, 3.05) is 37.7 Å². The summed E-state index contributed by atoms with van der Waals surface area (Å²) in [5, 5.41) is 3.54. The summed E-state index contributed by atoms with van der Waals surface area (Å²) >= 11 is 0. The molecule has 2 aliphatic heterocycles. The van der Waals surface area contributed by atoms with Crippen LogP contribution in [0, 0.1) is 23.2 Å². The number of nitrogens with zero attached hydrogens (tertiary/aromatic N) is 2. The Bertz CT molecular complexity index is 602. The standard InChI is InChI=1S/C19H35N3O2S.HI/c1-15(2)11-20-18(21-12-17-6-10-25(23,24)13-17)22-9-5-16(3)19(14-22)7-4-8-19;/h15-17H,4-14H2,1-3H3,(H,20,21);1H. The van der Waals surface area contributed by atoms with E-state index in [1.165, 1.54) is 25.7 Å². The number of halogens is 1. The lowest BCUT2D eigenvalue weighted by molar-refractivity contribution is -0.00516. The van der Waals surface area contributed by atoms with Crippen LogP contribution in [0.25, 0.3) is 0 Å². The van der Waals surface area contributed by atoms with E-state index in [0.29, 0.717) is 22.8 Å². The fourth-order valence-electron chi connectivity index (χ4n) is 4.54. The van der Waals surface area contributed by atoms with Gasteiger partial charge in [0.2, 0.25) is 0 Å². The quantitative estimate of drug-likeness (QED) is 0.368. The zero-order chi connectivity index (χ0) is 18.1. The second-order valence-electron chi connectivity index (χ2n) is 9.04. The molecule has 1 spiro atoms. The van der Waals surface area contributed by atoms with Gasteiger partial charge >= 0.3 is 0 Å². The molecule has 1 N–H and O–H groups in total. The Hall–Kier alpha value is -0.0500. The fraction of sp³-hybridized carbons (Fsp3) is 0.947. The number of aliphatic imine (C=N–C) groups is 1. The molecule has 3 fully saturated rings. The topological polar surface area (TPSA) is 61.8 Å². The number of hydrogen-bond acceptors (Lipinski definition) is 3. The average molecular weight is 497 g/mol. The van der Waals surface area contributed by atoms with Crippen LogP contribution in [0.3, 0.4) is 0 Å². The lowest BCUT2D eigenvalue weighted by Crippen LogP contribution is -2.56. The molecule has 7 heteroatoms. The van der Waals surface area contributed by atoms with Gasteiger partial charge in [-0.05, 0) is 48.9 Å². The Balaban J connectivity index is 0.00000243. The van der Waals surface area contributed by atoms with Crippen LogP contribution < -0.4 is 5.32 Å². The highest BCUT2D eigenvalue weighted by Crippen LogP contribution is 2.50. The smallest absolute Gasteiger partial charge is 0.193 e. The van der Waals surface area contributed by atoms with Gasteiger partial charge in [-0.1, -0.05) is 27.2 Å². The first-order valence-electron chi connectivity index (χ1n) is 10.0. The number of piperidine rings is 1. The van der Waals surface area contributed by atoms with Crippen LogP contribution in [0.5, 0.6) is 0 Å². The summed E-state index contributed by atoms with van der Waals surface area (Å²) in [6, 6.07) is 0. The molecule has 0 bridgehead atoms. The van der Waals surface area contributed by atoms with Gasteiger partial charge in [0.15, 0.2) is 15.8 Å². The molecule has 152 valence electrons. The van der Waals surface area contributed by atoms with Crippen molar-refractivity contribution in [2.45, 2.75) is 52.9 Å². The van der Waals surface area contributed by atoms with Crippen molar-refractivity contribution in [2.24, 2.45) is 28.2 Å². The van der Waals surface area contributed by atoms with E-state index in [-0.39, 0.29) is 29.9 Å². The number of likely N-dealkylation sites (tertiary alicyclic amines) is 1. The van der Waals surface area contributed by atoms with Crippen LogP contribution in [0.15, 0.2) is 4.99 Å². The van der Waals surface area contributed by atoms with Crippen molar-refractivity contribution in [3.63, 3.8) is 0 Å². The number of nitrogens with one attached hydrogen (secondary N) is 1. The highest BCUT2D eigenvalue weighted by atomic mass is 127. The van der Waals surface area contributed by atoms with Gasteiger partial charge in [0.25, 0.3) is 0 Å². The minimum Gasteiger partial charge on any atom is -0.356 e. The Kier molecular flexibility index (Phi) is 7.67. The van der Waals surface area contributed by atoms with Crippen LogP contribution in [0.2, 0.25) is 0 Å². The predicted molar refractivity (Wildman–Crippen MR) is 119 cm³/mol. The van der Waals surface area contributed by atoms with Gasteiger partial charge in [-0.15, -0.1) is 24.0 Å². The van der Waals surface area contributed by atoms with Crippen LogP contribution in [-0.4, -0.2) is 57.0 Å². The van der Waals surface area contributed by atoms with Gasteiger partial charge in [0.05, 0.1) is 11.5 Å². The molecular formula is C19H36IN3O2S. The Morgan fingerprint density at radius 2 is 2.04 bits per heavy atom. The molecule has 1 saturated carbocycles. The van der Waals surface area contributed by atoms with E-state index in [9.17, 15) is 8.42 Å². The molecule has 0 amide bonds. The molecule has 5 nitrogen and oxygen atoms in total. The second kappa shape index (κ2) is 8.97. The molecule has 2 unspecified atom stereocenters. The number of sulfone groups is 1. The summed E-state index contributed by atoms with van der Waals surface area (Å²) in [5.41, 5.74) is 0.495.